The molecular weight excluding hydrogens is 144 g/mol. The average molecular weight is 164 g/mol. The highest BCUT2D eigenvalue weighted by molar-refractivity contribution is 5.25. The summed E-state index contributed by atoms with van der Waals surface area (Å²) in [5, 5.41) is 0. The molecule has 1 aliphatic rings. The standard InChI is InChI=1S/C12H20/c1-9(2)11-5-7-12(8-6-11)10(3)4/h5,7,9-10H,6,8H2,1-4H3. The van der Waals surface area contributed by atoms with Gasteiger partial charge in [0.1, 0.15) is 0 Å². The zero-order valence-electron chi connectivity index (χ0n) is 8.72. The molecule has 0 fully saturated rings. The Morgan fingerprint density at radius 1 is 0.833 bits per heavy atom. The first kappa shape index (κ1) is 9.57. The molecule has 0 aromatic rings. The molecule has 0 nitrogen and oxygen atoms in total. The van der Waals surface area contributed by atoms with E-state index in [2.05, 4.69) is 39.8 Å². The van der Waals surface area contributed by atoms with Gasteiger partial charge in [0.2, 0.25) is 0 Å². The molecule has 0 heteroatoms. The summed E-state index contributed by atoms with van der Waals surface area (Å²) in [7, 11) is 0. The molecule has 0 aromatic carbocycles. The molecular formula is C12H20. The van der Waals surface area contributed by atoms with Crippen LogP contribution in [-0.2, 0) is 0 Å². The lowest BCUT2D eigenvalue weighted by atomic mass is 9.87. The first-order chi connectivity index (χ1) is 5.61. The molecule has 1 aliphatic carbocycles. The van der Waals surface area contributed by atoms with Gasteiger partial charge in [-0.05, 0) is 24.7 Å². The predicted octanol–water partition coefficient (Wildman–Crippen LogP) is 3.95. The lowest BCUT2D eigenvalue weighted by Gasteiger charge is -2.19. The second kappa shape index (κ2) is 3.93. The van der Waals surface area contributed by atoms with Gasteiger partial charge in [-0.2, -0.15) is 0 Å². The Kier molecular flexibility index (Phi) is 3.13. The third-order valence-electron chi connectivity index (χ3n) is 2.70. The maximum Gasteiger partial charge on any atom is -0.0257 e. The summed E-state index contributed by atoms with van der Waals surface area (Å²) in [6.07, 6.45) is 7.20. The van der Waals surface area contributed by atoms with Gasteiger partial charge >= 0.3 is 0 Å². The van der Waals surface area contributed by atoms with Crippen molar-refractivity contribution in [3.05, 3.63) is 23.3 Å². The van der Waals surface area contributed by atoms with Crippen molar-refractivity contribution >= 4 is 0 Å². The minimum Gasteiger partial charge on any atom is -0.0673 e. The van der Waals surface area contributed by atoms with Gasteiger partial charge in [0, 0.05) is 0 Å². The van der Waals surface area contributed by atoms with Gasteiger partial charge in [0.15, 0.2) is 0 Å². The molecule has 0 saturated carbocycles. The van der Waals surface area contributed by atoms with E-state index in [9.17, 15) is 0 Å². The Labute approximate surface area is 76.4 Å². The highest BCUT2D eigenvalue weighted by Crippen LogP contribution is 2.27. The van der Waals surface area contributed by atoms with E-state index >= 15 is 0 Å². The molecule has 0 unspecified atom stereocenters. The number of hydrogen-bond acceptors (Lipinski definition) is 0. The number of allylic oxidation sites excluding steroid dienone is 4. The van der Waals surface area contributed by atoms with Crippen molar-refractivity contribution in [1.29, 1.82) is 0 Å². The topological polar surface area (TPSA) is 0 Å². The fourth-order valence-corrected chi connectivity index (χ4v) is 1.63. The van der Waals surface area contributed by atoms with Gasteiger partial charge in [-0.25, -0.2) is 0 Å². The van der Waals surface area contributed by atoms with Crippen LogP contribution in [0.5, 0.6) is 0 Å². The summed E-state index contributed by atoms with van der Waals surface area (Å²) in [4.78, 5) is 0. The lowest BCUT2D eigenvalue weighted by molar-refractivity contribution is 0.651. The van der Waals surface area contributed by atoms with E-state index in [1.165, 1.54) is 12.8 Å². The summed E-state index contributed by atoms with van der Waals surface area (Å²) in [5.74, 6) is 1.46. The van der Waals surface area contributed by atoms with E-state index < -0.39 is 0 Å². The van der Waals surface area contributed by atoms with Crippen LogP contribution in [-0.4, -0.2) is 0 Å². The number of rotatable bonds is 2. The third kappa shape index (κ3) is 2.23. The third-order valence-corrected chi connectivity index (χ3v) is 2.70. The fourth-order valence-electron chi connectivity index (χ4n) is 1.63. The molecule has 0 spiro atoms. The SMILES string of the molecule is CC(C)C1=CC=C(C(C)C)CC1. The Morgan fingerprint density at radius 3 is 1.33 bits per heavy atom. The first-order valence-electron chi connectivity index (χ1n) is 5.00. The van der Waals surface area contributed by atoms with Crippen LogP contribution in [0.2, 0.25) is 0 Å². The largest absolute Gasteiger partial charge is 0.0673 e. The summed E-state index contributed by atoms with van der Waals surface area (Å²) in [6.45, 7) is 9.11. The Balaban J connectivity index is 2.66. The molecule has 0 heterocycles. The van der Waals surface area contributed by atoms with Gasteiger partial charge in [-0.3, -0.25) is 0 Å². The van der Waals surface area contributed by atoms with Crippen molar-refractivity contribution in [3.63, 3.8) is 0 Å². The van der Waals surface area contributed by atoms with Crippen molar-refractivity contribution < 1.29 is 0 Å². The second-order valence-corrected chi connectivity index (χ2v) is 4.29. The summed E-state index contributed by atoms with van der Waals surface area (Å²) in [6, 6.07) is 0. The molecule has 0 N–H and O–H groups in total. The highest BCUT2D eigenvalue weighted by atomic mass is 14.2. The van der Waals surface area contributed by atoms with E-state index in [1.54, 1.807) is 11.1 Å². The van der Waals surface area contributed by atoms with Crippen LogP contribution in [0.15, 0.2) is 23.3 Å². The van der Waals surface area contributed by atoms with E-state index in [0.29, 0.717) is 0 Å². The van der Waals surface area contributed by atoms with Crippen LogP contribution >= 0.6 is 0 Å². The second-order valence-electron chi connectivity index (χ2n) is 4.29. The van der Waals surface area contributed by atoms with Gasteiger partial charge < -0.3 is 0 Å². The minimum atomic E-state index is 0.731. The quantitative estimate of drug-likeness (QED) is 0.580. The van der Waals surface area contributed by atoms with Gasteiger partial charge in [0.05, 0.1) is 0 Å². The molecule has 0 radical (unpaired) electrons. The molecule has 0 atom stereocenters. The maximum absolute atomic E-state index is 2.32. The average Bonchev–Trinajstić information content (AvgIpc) is 2.04. The van der Waals surface area contributed by atoms with Crippen LogP contribution in [0.4, 0.5) is 0 Å². The van der Waals surface area contributed by atoms with E-state index in [1.807, 2.05) is 0 Å². The van der Waals surface area contributed by atoms with Crippen molar-refractivity contribution in [2.45, 2.75) is 40.5 Å². The molecule has 0 aliphatic heterocycles. The van der Waals surface area contributed by atoms with Crippen molar-refractivity contribution in [2.75, 3.05) is 0 Å². The summed E-state index contributed by atoms with van der Waals surface area (Å²) in [5.41, 5.74) is 3.22. The van der Waals surface area contributed by atoms with E-state index in [-0.39, 0.29) is 0 Å². The van der Waals surface area contributed by atoms with Crippen molar-refractivity contribution in [3.8, 4) is 0 Å². The number of hydrogen-bond donors (Lipinski definition) is 0. The smallest absolute Gasteiger partial charge is 0.0257 e. The summed E-state index contributed by atoms with van der Waals surface area (Å²) < 4.78 is 0. The first-order valence-corrected chi connectivity index (χ1v) is 5.00. The van der Waals surface area contributed by atoms with Crippen LogP contribution in [0.25, 0.3) is 0 Å². The predicted molar refractivity (Wildman–Crippen MR) is 55.1 cm³/mol. The molecule has 68 valence electrons. The van der Waals surface area contributed by atoms with Crippen LogP contribution in [0.1, 0.15) is 40.5 Å². The van der Waals surface area contributed by atoms with Crippen LogP contribution < -0.4 is 0 Å². The maximum atomic E-state index is 2.32. The van der Waals surface area contributed by atoms with Gasteiger partial charge in [-0.1, -0.05) is 51.0 Å². The monoisotopic (exact) mass is 164 g/mol. The zero-order valence-corrected chi connectivity index (χ0v) is 8.72. The van der Waals surface area contributed by atoms with E-state index in [0.717, 1.165) is 11.8 Å². The van der Waals surface area contributed by atoms with Crippen LogP contribution in [0, 0.1) is 11.8 Å². The Morgan fingerprint density at radius 2 is 1.17 bits per heavy atom. The molecule has 12 heavy (non-hydrogen) atoms. The van der Waals surface area contributed by atoms with Crippen molar-refractivity contribution in [2.24, 2.45) is 11.8 Å². The van der Waals surface area contributed by atoms with E-state index in [4.69, 9.17) is 0 Å². The Hall–Kier alpha value is -0.520. The molecule has 0 saturated heterocycles. The van der Waals surface area contributed by atoms with Crippen molar-refractivity contribution in [1.82, 2.24) is 0 Å². The normalized spacial score (nSPS) is 18.2. The fraction of sp³-hybridized carbons (Fsp3) is 0.667. The molecule has 0 aromatic heterocycles. The Bertz CT molecular complexity index is 180. The lowest BCUT2D eigenvalue weighted by Crippen LogP contribution is -2.03. The van der Waals surface area contributed by atoms with Crippen LogP contribution in [0.3, 0.4) is 0 Å². The minimum absolute atomic E-state index is 0.731. The molecule has 1 rings (SSSR count). The van der Waals surface area contributed by atoms with Gasteiger partial charge in [0.25, 0.3) is 0 Å². The summed E-state index contributed by atoms with van der Waals surface area (Å²) >= 11 is 0. The highest BCUT2D eigenvalue weighted by Gasteiger charge is 2.10. The molecule has 0 amide bonds. The molecule has 0 bridgehead atoms. The van der Waals surface area contributed by atoms with Gasteiger partial charge in [-0.15, -0.1) is 0 Å². The zero-order chi connectivity index (χ0) is 9.14.